The van der Waals surface area contributed by atoms with E-state index < -0.39 is 0 Å². The molecule has 0 aliphatic heterocycles. The highest BCUT2D eigenvalue weighted by Gasteiger charge is 2.03. The third kappa shape index (κ3) is 8.37. The quantitative estimate of drug-likeness (QED) is 0.598. The molecule has 0 aromatic heterocycles. The third-order valence-corrected chi connectivity index (χ3v) is 2.54. The van der Waals surface area contributed by atoms with Crippen molar-refractivity contribution in [2.45, 2.75) is 39.3 Å². The number of hydrogen-bond acceptors (Lipinski definition) is 3. The summed E-state index contributed by atoms with van der Waals surface area (Å²) in [6.45, 7) is 7.17. The summed E-state index contributed by atoms with van der Waals surface area (Å²) >= 11 is 1.94. The molecule has 0 radical (unpaired) electrons. The van der Waals surface area contributed by atoms with Gasteiger partial charge in [-0.05, 0) is 26.0 Å². The van der Waals surface area contributed by atoms with Crippen LogP contribution >= 0.6 is 11.8 Å². The molecule has 0 saturated heterocycles. The highest BCUT2D eigenvalue weighted by atomic mass is 32.2. The molecule has 0 spiro atoms. The van der Waals surface area contributed by atoms with Gasteiger partial charge in [0.25, 0.3) is 0 Å². The molecule has 2 atom stereocenters. The Labute approximate surface area is 80.1 Å². The summed E-state index contributed by atoms with van der Waals surface area (Å²) in [5.41, 5.74) is 0. The first-order chi connectivity index (χ1) is 5.66. The molecule has 0 bridgehead atoms. The Kier molecular flexibility index (Phi) is 8.07. The Bertz CT molecular complexity index is 98.5. The zero-order valence-corrected chi connectivity index (χ0v) is 9.16. The summed E-state index contributed by atoms with van der Waals surface area (Å²) in [5.74, 6) is 2.35. The van der Waals surface area contributed by atoms with Crippen molar-refractivity contribution < 1.29 is 5.11 Å². The van der Waals surface area contributed by atoms with Gasteiger partial charge in [-0.15, -0.1) is 0 Å². The van der Waals surface area contributed by atoms with E-state index in [2.05, 4.69) is 19.2 Å². The monoisotopic (exact) mass is 191 g/mol. The maximum Gasteiger partial charge on any atom is 0.0526 e. The fourth-order valence-corrected chi connectivity index (χ4v) is 1.67. The molecule has 74 valence electrons. The molecule has 0 aromatic carbocycles. The van der Waals surface area contributed by atoms with Gasteiger partial charge in [0, 0.05) is 18.3 Å². The Balaban J connectivity index is 3.14. The van der Waals surface area contributed by atoms with Gasteiger partial charge in [-0.1, -0.05) is 6.92 Å². The van der Waals surface area contributed by atoms with Gasteiger partial charge in [0.2, 0.25) is 0 Å². The van der Waals surface area contributed by atoms with Crippen molar-refractivity contribution in [2.75, 3.05) is 18.1 Å². The molecule has 2 N–H and O–H groups in total. The molecule has 12 heavy (non-hydrogen) atoms. The second kappa shape index (κ2) is 7.90. The number of hydrogen-bond donors (Lipinski definition) is 2. The third-order valence-electron chi connectivity index (χ3n) is 1.64. The Hall–Kier alpha value is 0.270. The van der Waals surface area contributed by atoms with E-state index in [4.69, 9.17) is 5.11 Å². The first-order valence-electron chi connectivity index (χ1n) is 4.66. The number of rotatable bonds is 7. The molecular formula is C9H21NOS. The molecule has 0 saturated carbocycles. The van der Waals surface area contributed by atoms with Crippen LogP contribution in [0.3, 0.4) is 0 Å². The highest BCUT2D eigenvalue weighted by Crippen LogP contribution is 1.98. The van der Waals surface area contributed by atoms with E-state index in [1.165, 1.54) is 11.5 Å². The zero-order chi connectivity index (χ0) is 9.40. The van der Waals surface area contributed by atoms with Crippen molar-refractivity contribution in [1.29, 1.82) is 0 Å². The smallest absolute Gasteiger partial charge is 0.0526 e. The van der Waals surface area contributed by atoms with Gasteiger partial charge in [-0.25, -0.2) is 0 Å². The average molecular weight is 191 g/mol. The van der Waals surface area contributed by atoms with Crippen LogP contribution in [0, 0.1) is 0 Å². The van der Waals surface area contributed by atoms with E-state index in [1.54, 1.807) is 0 Å². The van der Waals surface area contributed by atoms with Crippen LogP contribution in [0.4, 0.5) is 0 Å². The second-order valence-electron chi connectivity index (χ2n) is 3.14. The summed E-state index contributed by atoms with van der Waals surface area (Å²) in [6.07, 6.45) is 0.655. The molecule has 2 nitrogen and oxygen atoms in total. The standard InChI is InChI=1S/C9H21NOS/c1-4-12-6-5-10-8(2)7-9(3)11/h8-11H,4-7H2,1-3H3. The summed E-state index contributed by atoms with van der Waals surface area (Å²) < 4.78 is 0. The molecular weight excluding hydrogens is 170 g/mol. The maximum atomic E-state index is 9.08. The van der Waals surface area contributed by atoms with Gasteiger partial charge < -0.3 is 10.4 Å². The van der Waals surface area contributed by atoms with Gasteiger partial charge in [0.1, 0.15) is 0 Å². The molecule has 3 heteroatoms. The van der Waals surface area contributed by atoms with Crippen LogP contribution < -0.4 is 5.32 Å². The predicted molar refractivity (Wildman–Crippen MR) is 56.8 cm³/mol. The van der Waals surface area contributed by atoms with Crippen molar-refractivity contribution in [3.05, 3.63) is 0 Å². The number of nitrogens with one attached hydrogen (secondary N) is 1. The summed E-state index contributed by atoms with van der Waals surface area (Å²) in [6, 6.07) is 0.433. The van der Waals surface area contributed by atoms with Gasteiger partial charge in [0.15, 0.2) is 0 Å². The lowest BCUT2D eigenvalue weighted by atomic mass is 10.1. The molecule has 0 heterocycles. The van der Waals surface area contributed by atoms with E-state index in [0.29, 0.717) is 6.04 Å². The van der Waals surface area contributed by atoms with Crippen LogP contribution in [-0.2, 0) is 0 Å². The molecule has 0 fully saturated rings. The van der Waals surface area contributed by atoms with Crippen LogP contribution in [0.1, 0.15) is 27.2 Å². The molecule has 0 aliphatic rings. The Morgan fingerprint density at radius 3 is 2.58 bits per heavy atom. The van der Waals surface area contributed by atoms with Crippen LogP contribution in [0.5, 0.6) is 0 Å². The van der Waals surface area contributed by atoms with Gasteiger partial charge in [-0.3, -0.25) is 0 Å². The maximum absolute atomic E-state index is 9.08. The summed E-state index contributed by atoms with van der Waals surface area (Å²) in [4.78, 5) is 0. The lowest BCUT2D eigenvalue weighted by molar-refractivity contribution is 0.171. The molecule has 0 rings (SSSR count). The first-order valence-corrected chi connectivity index (χ1v) is 5.81. The van der Waals surface area contributed by atoms with Crippen LogP contribution in [0.25, 0.3) is 0 Å². The minimum Gasteiger partial charge on any atom is -0.393 e. The number of aliphatic hydroxyl groups is 1. The second-order valence-corrected chi connectivity index (χ2v) is 4.53. The fraction of sp³-hybridized carbons (Fsp3) is 1.00. The average Bonchev–Trinajstić information content (AvgIpc) is 1.97. The predicted octanol–water partition coefficient (Wildman–Crippen LogP) is 1.49. The summed E-state index contributed by atoms with van der Waals surface area (Å²) in [5, 5.41) is 12.4. The largest absolute Gasteiger partial charge is 0.393 e. The molecule has 2 unspecified atom stereocenters. The number of aliphatic hydroxyl groups excluding tert-OH is 1. The lowest BCUT2D eigenvalue weighted by Gasteiger charge is -2.14. The SMILES string of the molecule is CCSCCNC(C)CC(C)O. The van der Waals surface area contributed by atoms with Crippen LogP contribution in [0.2, 0.25) is 0 Å². The van der Waals surface area contributed by atoms with E-state index in [0.717, 1.165) is 13.0 Å². The van der Waals surface area contributed by atoms with Crippen molar-refractivity contribution >= 4 is 11.8 Å². The van der Waals surface area contributed by atoms with E-state index in [-0.39, 0.29) is 6.10 Å². The van der Waals surface area contributed by atoms with Crippen molar-refractivity contribution in [3.8, 4) is 0 Å². The van der Waals surface area contributed by atoms with Crippen molar-refractivity contribution in [3.63, 3.8) is 0 Å². The zero-order valence-electron chi connectivity index (χ0n) is 8.34. The van der Waals surface area contributed by atoms with Gasteiger partial charge >= 0.3 is 0 Å². The van der Waals surface area contributed by atoms with Crippen LogP contribution in [-0.4, -0.2) is 35.3 Å². The first kappa shape index (κ1) is 12.3. The van der Waals surface area contributed by atoms with Crippen molar-refractivity contribution in [1.82, 2.24) is 5.32 Å². The lowest BCUT2D eigenvalue weighted by Crippen LogP contribution is -2.30. The Morgan fingerprint density at radius 1 is 1.42 bits per heavy atom. The summed E-state index contributed by atoms with van der Waals surface area (Å²) in [7, 11) is 0. The van der Waals surface area contributed by atoms with E-state index in [9.17, 15) is 0 Å². The fourth-order valence-electron chi connectivity index (χ4n) is 1.12. The van der Waals surface area contributed by atoms with Gasteiger partial charge in [0.05, 0.1) is 6.10 Å². The van der Waals surface area contributed by atoms with E-state index in [1.807, 2.05) is 18.7 Å². The molecule has 0 aliphatic carbocycles. The highest BCUT2D eigenvalue weighted by molar-refractivity contribution is 7.99. The number of thioether (sulfide) groups is 1. The normalized spacial score (nSPS) is 16.0. The minimum atomic E-state index is -0.189. The topological polar surface area (TPSA) is 32.3 Å². The Morgan fingerprint density at radius 2 is 2.08 bits per heavy atom. The van der Waals surface area contributed by atoms with Crippen molar-refractivity contribution in [2.24, 2.45) is 0 Å². The minimum absolute atomic E-state index is 0.189. The molecule has 0 amide bonds. The molecule has 0 aromatic rings. The van der Waals surface area contributed by atoms with Gasteiger partial charge in [-0.2, -0.15) is 11.8 Å². The van der Waals surface area contributed by atoms with Crippen LogP contribution in [0.15, 0.2) is 0 Å². The van der Waals surface area contributed by atoms with E-state index >= 15 is 0 Å².